The molecule has 5 aromatic heterocycles. The zero-order valence-electron chi connectivity index (χ0n) is 74.4. The lowest BCUT2D eigenvalue weighted by Gasteiger charge is -2.41. The summed E-state index contributed by atoms with van der Waals surface area (Å²) in [5.74, 6) is 2.06. The summed E-state index contributed by atoms with van der Waals surface area (Å²) >= 11 is 19.8. The number of rotatable bonds is 14. The highest BCUT2D eigenvalue weighted by molar-refractivity contribution is 8.24. The number of alkyl carbamates (subject to hydrolysis) is 2. The second-order valence-electron chi connectivity index (χ2n) is 33.6. The molecule has 0 spiro atoms. The molecule has 3 fully saturated rings. The molecule has 10 aromatic rings. The van der Waals surface area contributed by atoms with E-state index in [0.717, 1.165) is 147 Å². The number of carbonyl (C=O) groups excluding carboxylic acids is 3. The van der Waals surface area contributed by atoms with Crippen LogP contribution in [0, 0.1) is 87.0 Å². The molecule has 29 nitrogen and oxygen atoms in total. The Labute approximate surface area is 748 Å². The number of nitrogens with one attached hydrogen (secondary N) is 4. The number of Topliss-reactive ketones (excluding diaryl/α,β-unsaturated/α-hetero) is 1. The van der Waals surface area contributed by atoms with Gasteiger partial charge in [-0.2, -0.15) is 35.7 Å². The van der Waals surface area contributed by atoms with Gasteiger partial charge in [0.15, 0.2) is 24.3 Å². The Hall–Kier alpha value is -9.36. The molecule has 8 heterocycles. The van der Waals surface area contributed by atoms with Crippen molar-refractivity contribution in [2.24, 2.45) is 27.9 Å². The molecular weight excluding hydrogens is 1710 g/mol. The van der Waals surface area contributed by atoms with Gasteiger partial charge in [-0.05, 0) is 324 Å². The zero-order valence-corrected chi connectivity index (χ0v) is 79.9. The number of aromatic amines is 1. The topological polar surface area (TPSA) is 390 Å². The van der Waals surface area contributed by atoms with Crippen LogP contribution in [0.1, 0.15) is 154 Å². The van der Waals surface area contributed by atoms with Crippen molar-refractivity contribution in [2.75, 3.05) is 93.4 Å². The average molecular weight is 1830 g/mol. The largest absolute Gasteiger partial charge is 0.594 e. The van der Waals surface area contributed by atoms with Crippen molar-refractivity contribution in [1.29, 1.82) is 0 Å². The Kier molecular flexibility index (Phi) is 39.4. The van der Waals surface area contributed by atoms with E-state index in [1.807, 2.05) is 137 Å². The van der Waals surface area contributed by atoms with Crippen molar-refractivity contribution >= 4 is 164 Å². The summed E-state index contributed by atoms with van der Waals surface area (Å²) < 4.78 is 52.5. The molecule has 3 aliphatic heterocycles. The Balaban J connectivity index is 0.000000256. The maximum atomic E-state index is 11.9. The summed E-state index contributed by atoms with van der Waals surface area (Å²) in [6.45, 7) is 46.6. The van der Waals surface area contributed by atoms with Crippen LogP contribution in [0.5, 0.6) is 0 Å². The molecule has 0 radical (unpaired) electrons. The summed E-state index contributed by atoms with van der Waals surface area (Å²) in [4.78, 5) is 51.8. The number of fused-ring (bicyclic) bond motifs is 4. The lowest BCUT2D eigenvalue weighted by Crippen LogP contribution is -2.48. The van der Waals surface area contributed by atoms with Gasteiger partial charge in [0.05, 0.1) is 63.3 Å². The van der Waals surface area contributed by atoms with E-state index in [4.69, 9.17) is 37.3 Å². The van der Waals surface area contributed by atoms with Crippen molar-refractivity contribution in [3.63, 3.8) is 0 Å². The highest BCUT2D eigenvalue weighted by Crippen LogP contribution is 2.61. The average Bonchev–Trinajstić information content (AvgIpc) is 0.779. The fourth-order valence-electron chi connectivity index (χ4n) is 12.2. The van der Waals surface area contributed by atoms with Crippen LogP contribution in [0.3, 0.4) is 0 Å². The highest BCUT2D eigenvalue weighted by Gasteiger charge is 2.31. The second-order valence-corrected chi connectivity index (χ2v) is 42.2. The van der Waals surface area contributed by atoms with Crippen LogP contribution in [0.4, 0.5) is 32.3 Å². The molecule has 3 saturated heterocycles. The highest BCUT2D eigenvalue weighted by atomic mass is 36.0. The quantitative estimate of drug-likeness (QED) is 0.0147. The maximum Gasteiger partial charge on any atom is 0.493 e. The molecule has 0 bridgehead atoms. The van der Waals surface area contributed by atoms with Crippen molar-refractivity contribution < 1.29 is 50.7 Å². The first-order valence-corrected chi connectivity index (χ1v) is 46.1. The van der Waals surface area contributed by atoms with Crippen LogP contribution >= 0.6 is 62.9 Å². The maximum absolute atomic E-state index is 11.9. The van der Waals surface area contributed by atoms with Crippen molar-refractivity contribution in [3.8, 4) is 0 Å². The summed E-state index contributed by atoms with van der Waals surface area (Å²) in [7, 11) is -0.461. The number of ether oxygens (including phenoxy) is 3. The monoisotopic (exact) mass is 1830 g/mol. The van der Waals surface area contributed by atoms with Crippen LogP contribution in [-0.4, -0.2) is 163 Å². The van der Waals surface area contributed by atoms with E-state index in [-0.39, 0.29) is 35.8 Å². The molecule has 8 N–H and O–H groups in total. The number of nitrogens with zero attached hydrogens (tertiary/aromatic N) is 12. The molecule has 0 aliphatic carbocycles. The number of anilines is 4. The second kappa shape index (κ2) is 46.6. The first kappa shape index (κ1) is 104. The summed E-state index contributed by atoms with van der Waals surface area (Å²) in [6, 6.07) is 23.4. The van der Waals surface area contributed by atoms with E-state index in [2.05, 4.69) is 170 Å². The van der Waals surface area contributed by atoms with E-state index in [9.17, 15) is 37.3 Å². The van der Waals surface area contributed by atoms with Gasteiger partial charge in [0.2, 0.25) is 5.43 Å². The van der Waals surface area contributed by atoms with E-state index in [0.29, 0.717) is 40.7 Å². The standard InChI is InChI=1S/C20H28N4O2.C15H20N4.C12H19N3O4S.C10H9ClN2.C10H20N2O2.C10H10N2O.C10H13NO.Cl3OP.ClH/c1-13-8-16-17(9-14(13)2)23-22-10-18(16)24-11-15(12-24)6-7-21-19(25)26-20(3,4)5;1-10-5-13-14(6-11(10)2)18-17-7-15(13)19-8-12(9-19)3-4-16;1-12(2,3)19-11(16)13-20(17,18)15-8-6-10(7-9-15)14(4)5;1-6-3-8-9(11)5-12-13-10(8)4-7(6)2;1-10(2,3)14-9(13)12-5-4-8-6-11-7-8;1-6-3-8-9(4-7(6)2)12-11-5-10(8)13;1-6-4-9(8(3)12)10(11)5-7(6)2;1-5(2,3)4;/h8-10,15H,6-7,11-12H2,1-5H3,(H,21,25);5-7,12H,3-4,8-9,16H2,1-2H3;6-9H,1-5H3;3-5H,1-2H3;8,11H,4-7H2,1-3H3,(H,12,13);3-5H,1-2H3,(H,12,13);4-5H,11H2,1-3H3;;1H. The summed E-state index contributed by atoms with van der Waals surface area (Å²) in [5.41, 5.74) is 29.6. The van der Waals surface area contributed by atoms with Gasteiger partial charge in [-0.3, -0.25) is 19.3 Å². The molecule has 123 heavy (non-hydrogen) atoms. The number of carbonyl (C=O) groups is 3. The Morgan fingerprint density at radius 2 is 0.976 bits per heavy atom. The van der Waals surface area contributed by atoms with Crippen molar-refractivity contribution in [3.05, 3.63) is 186 Å². The number of halogens is 5. The van der Waals surface area contributed by atoms with Crippen LogP contribution in [0.2, 0.25) is 5.02 Å². The first-order chi connectivity index (χ1) is 56.8. The smallest absolute Gasteiger partial charge is 0.493 e. The number of aryl methyl sites for hydroxylation is 10. The summed E-state index contributed by atoms with van der Waals surface area (Å²) in [5, 5.41) is 52.9. The first-order valence-electron chi connectivity index (χ1n) is 39.9. The fraction of sp³-hybridized carbons (Fsp3) is 0.460. The Bertz CT molecular complexity index is 5510. The minimum atomic E-state index is -4.13. The van der Waals surface area contributed by atoms with E-state index in [1.165, 1.54) is 70.0 Å². The molecule has 670 valence electrons. The van der Waals surface area contributed by atoms with Gasteiger partial charge < -0.3 is 61.4 Å². The number of hydrogen-bond acceptors (Lipinski definition) is 24. The SMILES string of the molecule is CC(=O)c1cc(C)c(C)cc1N.CC(C)(C)OC(=O)NCCC1CNC1.CN(C)c1cc[n+](S(=O)(=O)N=C([O-])OC(C)(C)C)cc1.Cc1cc2[nH]ncc(=O)c2cc1C.Cc1cc2nncc(Cl)c2cc1C.Cc1cc2nncc(N3CC(CCN)C3)c2cc1C.Cc1cc2nncc(N3CC(CCNC(=O)OC(C)(C)C)C3)c2cc1C.Cl.O=P(Cl)(Cl)Cl. The Morgan fingerprint density at radius 3 is 1.39 bits per heavy atom. The molecule has 3 aliphatic rings. The lowest BCUT2D eigenvalue weighted by atomic mass is 9.94. The van der Waals surface area contributed by atoms with Gasteiger partial charge >= 0.3 is 27.6 Å². The lowest BCUT2D eigenvalue weighted by molar-refractivity contribution is -0.511. The van der Waals surface area contributed by atoms with Gasteiger partial charge in [0.25, 0.3) is 0 Å². The molecule has 2 amide bonds. The third kappa shape index (κ3) is 34.6. The van der Waals surface area contributed by atoms with Crippen molar-refractivity contribution in [1.82, 2.24) is 56.7 Å². The third-order valence-electron chi connectivity index (χ3n) is 19.6. The van der Waals surface area contributed by atoms with Crippen LogP contribution < -0.4 is 56.6 Å². The molecule has 0 unspecified atom stereocenters. The number of amides is 2. The van der Waals surface area contributed by atoms with Gasteiger partial charge in [-0.15, -0.1) is 20.8 Å². The number of aromatic nitrogens is 9. The normalized spacial score (nSPS) is 13.4. The molecule has 0 saturated carbocycles. The van der Waals surface area contributed by atoms with Gasteiger partial charge in [-0.25, -0.2) is 9.59 Å². The van der Waals surface area contributed by atoms with E-state index in [1.54, 1.807) is 39.1 Å². The van der Waals surface area contributed by atoms with Crippen LogP contribution in [0.15, 0.2) is 119 Å². The number of H-pyrrole nitrogens is 1. The Morgan fingerprint density at radius 1 is 0.593 bits per heavy atom. The predicted molar refractivity (Wildman–Crippen MR) is 499 cm³/mol. The number of hydrogen-bond donors (Lipinski definition) is 6. The number of ketones is 1. The van der Waals surface area contributed by atoms with Gasteiger partial charge in [-0.1, -0.05) is 40.7 Å². The van der Waals surface area contributed by atoms with E-state index < -0.39 is 38.3 Å². The van der Waals surface area contributed by atoms with Gasteiger partial charge in [0.1, 0.15) is 11.2 Å². The number of pyridine rings is 1. The van der Waals surface area contributed by atoms with Gasteiger partial charge in [0, 0.05) is 110 Å². The van der Waals surface area contributed by atoms with Crippen LogP contribution in [-0.2, 0) is 29.0 Å². The van der Waals surface area contributed by atoms with Crippen LogP contribution in [0.25, 0.3) is 43.6 Å². The minimum absolute atomic E-state index is 0. The van der Waals surface area contributed by atoms with E-state index >= 15 is 0 Å². The third-order valence-corrected chi connectivity index (χ3v) is 21.1. The minimum Gasteiger partial charge on any atom is -0.594 e. The molecular formula is C87H120Cl5N18O11PS. The fourth-order valence-corrected chi connectivity index (χ4v) is 13.2. The number of benzene rings is 5. The molecule has 5 aromatic carbocycles. The zero-order chi connectivity index (χ0) is 91.1. The number of nitrogens with two attached hydrogens (primary N) is 2. The number of nitrogen functional groups attached to an aromatic ring is 1. The molecule has 0 atom stereocenters. The van der Waals surface area contributed by atoms with Crippen molar-refractivity contribution in [2.45, 2.75) is 175 Å². The summed E-state index contributed by atoms with van der Waals surface area (Å²) in [6.07, 6.45) is 10.5. The molecule has 36 heteroatoms. The molecule has 13 rings (SSSR count). The predicted octanol–water partition coefficient (Wildman–Crippen LogP) is 16.2.